The Bertz CT molecular complexity index is 437. The van der Waals surface area contributed by atoms with Gasteiger partial charge in [-0.3, -0.25) is 4.79 Å². The van der Waals surface area contributed by atoms with Gasteiger partial charge >= 0.3 is 6.03 Å². The van der Waals surface area contributed by atoms with Crippen LogP contribution < -0.4 is 10.6 Å². The molecule has 6 nitrogen and oxygen atoms in total. The van der Waals surface area contributed by atoms with Crippen LogP contribution in [0.15, 0.2) is 0 Å². The van der Waals surface area contributed by atoms with Crippen LogP contribution in [0.1, 0.15) is 57.8 Å². The first kappa shape index (κ1) is 18.5. The lowest BCUT2D eigenvalue weighted by Gasteiger charge is -2.33. The zero-order valence-electron chi connectivity index (χ0n) is 15.5. The molecular weight excluding hydrogens is 316 g/mol. The second-order valence-electron chi connectivity index (χ2n) is 7.96. The zero-order valence-corrected chi connectivity index (χ0v) is 15.5. The van der Waals surface area contributed by atoms with Gasteiger partial charge in [-0.1, -0.05) is 12.8 Å². The van der Waals surface area contributed by atoms with Gasteiger partial charge in [0.25, 0.3) is 0 Å². The van der Waals surface area contributed by atoms with Gasteiger partial charge < -0.3 is 20.4 Å². The first-order valence-corrected chi connectivity index (χ1v) is 10.3. The molecule has 6 heteroatoms. The highest BCUT2D eigenvalue weighted by atomic mass is 16.2. The molecule has 0 unspecified atom stereocenters. The van der Waals surface area contributed by atoms with Gasteiger partial charge in [-0.25, -0.2) is 4.79 Å². The molecule has 142 valence electrons. The number of carbonyl (C=O) groups is 2. The molecule has 2 saturated heterocycles. The molecule has 1 aliphatic carbocycles. The van der Waals surface area contributed by atoms with Crippen LogP contribution in [-0.2, 0) is 4.79 Å². The van der Waals surface area contributed by atoms with E-state index < -0.39 is 0 Å². The van der Waals surface area contributed by atoms with Gasteiger partial charge in [-0.05, 0) is 44.4 Å². The summed E-state index contributed by atoms with van der Waals surface area (Å²) in [5.41, 5.74) is 0. The van der Waals surface area contributed by atoms with Gasteiger partial charge in [0, 0.05) is 51.7 Å². The first-order chi connectivity index (χ1) is 12.2. The molecule has 0 aromatic heterocycles. The number of carbonyl (C=O) groups excluding carboxylic acids is 2. The summed E-state index contributed by atoms with van der Waals surface area (Å²) in [4.78, 5) is 28.4. The van der Waals surface area contributed by atoms with Crippen LogP contribution in [0.4, 0.5) is 4.79 Å². The van der Waals surface area contributed by atoms with E-state index in [9.17, 15) is 9.59 Å². The Kier molecular flexibility index (Phi) is 6.96. The molecule has 3 aliphatic rings. The van der Waals surface area contributed by atoms with Crippen molar-refractivity contribution in [3.05, 3.63) is 0 Å². The van der Waals surface area contributed by atoms with E-state index in [1.807, 2.05) is 4.90 Å². The third kappa shape index (κ3) is 5.87. The van der Waals surface area contributed by atoms with Crippen LogP contribution in [0.3, 0.4) is 0 Å². The maximum atomic E-state index is 12.0. The van der Waals surface area contributed by atoms with Crippen molar-refractivity contribution in [1.29, 1.82) is 0 Å². The number of rotatable bonds is 6. The smallest absolute Gasteiger partial charge is 0.315 e. The van der Waals surface area contributed by atoms with Crippen molar-refractivity contribution in [2.24, 2.45) is 5.92 Å². The number of nitrogens with one attached hydrogen (secondary N) is 2. The lowest BCUT2D eigenvalue weighted by molar-refractivity contribution is -0.129. The third-order valence-corrected chi connectivity index (χ3v) is 6.00. The number of urea groups is 1. The quantitative estimate of drug-likeness (QED) is 0.770. The van der Waals surface area contributed by atoms with E-state index in [0.717, 1.165) is 57.8 Å². The lowest BCUT2D eigenvalue weighted by Crippen LogP contribution is -2.48. The molecule has 3 rings (SSSR count). The Morgan fingerprint density at radius 2 is 1.56 bits per heavy atom. The fraction of sp³-hybridized carbons (Fsp3) is 0.895. The van der Waals surface area contributed by atoms with Gasteiger partial charge in [0.15, 0.2) is 0 Å². The average Bonchev–Trinajstić information content (AvgIpc) is 3.30. The molecule has 0 atom stereocenters. The average molecular weight is 351 g/mol. The molecule has 0 spiro atoms. The predicted molar refractivity (Wildman–Crippen MR) is 98.4 cm³/mol. The summed E-state index contributed by atoms with van der Waals surface area (Å²) >= 11 is 0. The van der Waals surface area contributed by atoms with Gasteiger partial charge in [0.2, 0.25) is 5.91 Å². The van der Waals surface area contributed by atoms with Crippen LogP contribution in [0.5, 0.6) is 0 Å². The highest BCUT2D eigenvalue weighted by molar-refractivity contribution is 5.78. The fourth-order valence-corrected chi connectivity index (χ4v) is 4.46. The molecule has 2 N–H and O–H groups in total. The summed E-state index contributed by atoms with van der Waals surface area (Å²) in [6.07, 6.45) is 10.3. The van der Waals surface area contributed by atoms with Gasteiger partial charge in [0.05, 0.1) is 0 Å². The van der Waals surface area contributed by atoms with Crippen LogP contribution in [-0.4, -0.2) is 67.0 Å². The van der Waals surface area contributed by atoms with Crippen LogP contribution >= 0.6 is 0 Å². The number of hydrogen-bond acceptors (Lipinski definition) is 3. The molecule has 1 saturated carbocycles. The molecule has 3 fully saturated rings. The monoisotopic (exact) mass is 350 g/mol. The summed E-state index contributed by atoms with van der Waals surface area (Å²) in [5, 5.41) is 5.92. The van der Waals surface area contributed by atoms with Crippen molar-refractivity contribution < 1.29 is 9.59 Å². The van der Waals surface area contributed by atoms with Crippen molar-refractivity contribution in [3.63, 3.8) is 0 Å². The Balaban J connectivity index is 1.25. The van der Waals surface area contributed by atoms with Crippen LogP contribution in [0.2, 0.25) is 0 Å². The van der Waals surface area contributed by atoms with Crippen LogP contribution in [0.25, 0.3) is 0 Å². The molecule has 2 aliphatic heterocycles. The van der Waals surface area contributed by atoms with Crippen molar-refractivity contribution >= 4 is 11.9 Å². The Morgan fingerprint density at radius 3 is 2.24 bits per heavy atom. The second-order valence-corrected chi connectivity index (χ2v) is 7.96. The molecule has 0 aromatic carbocycles. The molecule has 0 bridgehead atoms. The molecule has 0 radical (unpaired) electrons. The standard InChI is InChI=1S/C19H34N4O2/c24-18(23-11-3-4-12-23)7-10-20-19(25)21-17-8-13-22(14-9-17)15-16-5-1-2-6-16/h16-17H,1-15H2,(H2,20,21,25). The minimum absolute atomic E-state index is 0.122. The number of nitrogens with zero attached hydrogens (tertiary/aromatic N) is 2. The second kappa shape index (κ2) is 9.41. The SMILES string of the molecule is O=C(NCCC(=O)N1CCCC1)NC1CCN(CC2CCCC2)CC1. The molecular formula is C19H34N4O2. The molecule has 0 aromatic rings. The summed E-state index contributed by atoms with van der Waals surface area (Å²) < 4.78 is 0. The summed E-state index contributed by atoms with van der Waals surface area (Å²) in [6, 6.07) is 0.151. The number of amides is 3. The Morgan fingerprint density at radius 1 is 0.880 bits per heavy atom. The number of piperidine rings is 1. The van der Waals surface area contributed by atoms with Gasteiger partial charge in [-0.15, -0.1) is 0 Å². The maximum absolute atomic E-state index is 12.0. The zero-order chi connectivity index (χ0) is 17.5. The third-order valence-electron chi connectivity index (χ3n) is 6.00. The molecule has 3 amide bonds. The normalized spacial score (nSPS) is 23.1. The van der Waals surface area contributed by atoms with Crippen molar-refractivity contribution in [3.8, 4) is 0 Å². The van der Waals surface area contributed by atoms with E-state index in [1.54, 1.807) is 0 Å². The minimum atomic E-state index is -0.122. The lowest BCUT2D eigenvalue weighted by atomic mass is 10.0. The summed E-state index contributed by atoms with van der Waals surface area (Å²) in [7, 11) is 0. The van der Waals surface area contributed by atoms with E-state index in [0.29, 0.717) is 13.0 Å². The van der Waals surface area contributed by atoms with Gasteiger partial charge in [0.1, 0.15) is 0 Å². The minimum Gasteiger partial charge on any atom is -0.343 e. The van der Waals surface area contributed by atoms with Crippen molar-refractivity contribution in [2.75, 3.05) is 39.3 Å². The number of hydrogen-bond donors (Lipinski definition) is 2. The Hall–Kier alpha value is -1.30. The number of likely N-dealkylation sites (tertiary alicyclic amines) is 2. The largest absolute Gasteiger partial charge is 0.343 e. The predicted octanol–water partition coefficient (Wildman–Crippen LogP) is 1.95. The van der Waals surface area contributed by atoms with E-state index >= 15 is 0 Å². The van der Waals surface area contributed by atoms with E-state index in [1.165, 1.54) is 32.2 Å². The Labute approximate surface area is 151 Å². The fourth-order valence-electron chi connectivity index (χ4n) is 4.46. The highest BCUT2D eigenvalue weighted by Gasteiger charge is 2.24. The maximum Gasteiger partial charge on any atom is 0.315 e. The first-order valence-electron chi connectivity index (χ1n) is 10.3. The summed E-state index contributed by atoms with van der Waals surface area (Å²) in [6.45, 7) is 5.62. The van der Waals surface area contributed by atoms with Gasteiger partial charge in [-0.2, -0.15) is 0 Å². The van der Waals surface area contributed by atoms with E-state index in [4.69, 9.17) is 0 Å². The van der Waals surface area contributed by atoms with Crippen LogP contribution in [0, 0.1) is 5.92 Å². The van der Waals surface area contributed by atoms with Crippen molar-refractivity contribution in [1.82, 2.24) is 20.4 Å². The topological polar surface area (TPSA) is 64.7 Å². The molecule has 25 heavy (non-hydrogen) atoms. The van der Waals surface area contributed by atoms with E-state index in [2.05, 4.69) is 15.5 Å². The van der Waals surface area contributed by atoms with E-state index in [-0.39, 0.29) is 18.0 Å². The summed E-state index contributed by atoms with van der Waals surface area (Å²) in [5.74, 6) is 1.07. The van der Waals surface area contributed by atoms with Crippen molar-refractivity contribution in [2.45, 2.75) is 63.8 Å². The highest BCUT2D eigenvalue weighted by Crippen LogP contribution is 2.26. The molecule has 2 heterocycles.